The van der Waals surface area contributed by atoms with Gasteiger partial charge in [0.05, 0.1) is 22.6 Å². The van der Waals surface area contributed by atoms with E-state index in [0.717, 1.165) is 17.7 Å². The number of anilines is 4. The van der Waals surface area contributed by atoms with Crippen molar-refractivity contribution in [1.82, 2.24) is 0 Å². The van der Waals surface area contributed by atoms with Gasteiger partial charge in [-0.1, -0.05) is 30.3 Å². The lowest BCUT2D eigenvalue weighted by Crippen LogP contribution is -2.39. The van der Waals surface area contributed by atoms with E-state index in [9.17, 15) is 22.8 Å². The lowest BCUT2D eigenvalue weighted by molar-refractivity contribution is -0.137. The highest BCUT2D eigenvalue weighted by Crippen LogP contribution is 2.40. The molecule has 0 bridgehead atoms. The summed E-state index contributed by atoms with van der Waals surface area (Å²) >= 11 is 0. The minimum absolute atomic E-state index is 0.0468. The van der Waals surface area contributed by atoms with Crippen molar-refractivity contribution in [3.05, 3.63) is 83.9 Å². The zero-order valence-corrected chi connectivity index (χ0v) is 18.5. The summed E-state index contributed by atoms with van der Waals surface area (Å²) in [6, 6.07) is 18.0. The molecule has 3 aromatic rings. The first-order chi connectivity index (χ1) is 15.7. The Morgan fingerprint density at radius 2 is 1.58 bits per heavy atom. The molecule has 0 aliphatic rings. The average Bonchev–Trinajstić information content (AvgIpc) is 2.80. The van der Waals surface area contributed by atoms with E-state index in [1.165, 1.54) is 20.8 Å². The predicted octanol–water partition coefficient (Wildman–Crippen LogP) is 6.39. The number of urea groups is 1. The highest BCUT2D eigenvalue weighted by molar-refractivity contribution is 6.10. The Balaban J connectivity index is 2.24. The van der Waals surface area contributed by atoms with Gasteiger partial charge < -0.3 is 4.90 Å². The third-order valence-corrected chi connectivity index (χ3v) is 5.20. The number of aryl methyl sites for hydroxylation is 1. The summed E-state index contributed by atoms with van der Waals surface area (Å²) in [6.07, 6.45) is -4.09. The molecule has 0 aliphatic heterocycles. The average molecular weight is 455 g/mol. The summed E-state index contributed by atoms with van der Waals surface area (Å²) < 4.78 is 40.8. The Morgan fingerprint density at radius 1 is 0.909 bits per heavy atom. The lowest BCUT2D eigenvalue weighted by Gasteiger charge is -2.32. The van der Waals surface area contributed by atoms with Gasteiger partial charge in [0.2, 0.25) is 6.41 Å². The summed E-state index contributed by atoms with van der Waals surface area (Å²) in [5, 5.41) is 0. The highest BCUT2D eigenvalue weighted by atomic mass is 19.4. The topological polar surface area (TPSA) is 43.9 Å². The molecule has 0 fully saturated rings. The van der Waals surface area contributed by atoms with Crippen LogP contribution in [0.4, 0.5) is 40.7 Å². The van der Waals surface area contributed by atoms with Gasteiger partial charge in [0, 0.05) is 19.3 Å². The van der Waals surface area contributed by atoms with Gasteiger partial charge in [-0.25, -0.2) is 4.79 Å². The van der Waals surface area contributed by atoms with Crippen LogP contribution in [0.1, 0.15) is 18.1 Å². The number of nitrogens with zero attached hydrogens (tertiary/aromatic N) is 3. The Kier molecular flexibility index (Phi) is 7.06. The summed E-state index contributed by atoms with van der Waals surface area (Å²) in [5.74, 6) is 0. The Morgan fingerprint density at radius 3 is 2.15 bits per heavy atom. The van der Waals surface area contributed by atoms with E-state index in [4.69, 9.17) is 0 Å². The van der Waals surface area contributed by atoms with E-state index >= 15 is 0 Å². The molecular weight excluding hydrogens is 431 g/mol. The Labute approximate surface area is 190 Å². The minimum atomic E-state index is -4.63. The van der Waals surface area contributed by atoms with Gasteiger partial charge in [0.15, 0.2) is 0 Å². The number of benzene rings is 3. The van der Waals surface area contributed by atoms with Crippen LogP contribution in [0.5, 0.6) is 0 Å². The lowest BCUT2D eigenvalue weighted by atomic mass is 10.1. The maximum absolute atomic E-state index is 13.7. The molecule has 33 heavy (non-hydrogen) atoms. The van der Waals surface area contributed by atoms with Gasteiger partial charge in [0.25, 0.3) is 0 Å². The smallest absolute Gasteiger partial charge is 0.313 e. The molecule has 0 aromatic heterocycles. The number of carbonyl (C=O) groups excluding carboxylic acids is 2. The maximum Gasteiger partial charge on any atom is 0.416 e. The van der Waals surface area contributed by atoms with Crippen molar-refractivity contribution in [3.63, 3.8) is 0 Å². The number of hydrogen-bond donors (Lipinski definition) is 0. The summed E-state index contributed by atoms with van der Waals surface area (Å²) in [7, 11) is 1.55. The first-order valence-electron chi connectivity index (χ1n) is 10.3. The van der Waals surface area contributed by atoms with Crippen molar-refractivity contribution in [3.8, 4) is 0 Å². The largest absolute Gasteiger partial charge is 0.416 e. The zero-order valence-electron chi connectivity index (χ0n) is 18.5. The fourth-order valence-corrected chi connectivity index (χ4v) is 3.45. The molecule has 0 radical (unpaired) electrons. The monoisotopic (exact) mass is 455 g/mol. The summed E-state index contributed by atoms with van der Waals surface area (Å²) in [4.78, 5) is 29.2. The highest BCUT2D eigenvalue weighted by Gasteiger charge is 2.34. The van der Waals surface area contributed by atoms with Crippen LogP contribution in [-0.4, -0.2) is 26.0 Å². The molecule has 0 spiro atoms. The number of halogens is 3. The van der Waals surface area contributed by atoms with E-state index in [-0.39, 0.29) is 17.9 Å². The molecule has 0 saturated heterocycles. The first-order valence-corrected chi connectivity index (χ1v) is 10.3. The van der Waals surface area contributed by atoms with Gasteiger partial charge >= 0.3 is 12.2 Å². The zero-order chi connectivity index (χ0) is 24.2. The number of hydrogen-bond acceptors (Lipinski definition) is 2. The molecule has 0 N–H and O–H groups in total. The number of amides is 3. The van der Waals surface area contributed by atoms with Crippen molar-refractivity contribution in [2.24, 2.45) is 0 Å². The van der Waals surface area contributed by atoms with Crippen molar-refractivity contribution < 1.29 is 22.8 Å². The van der Waals surface area contributed by atoms with E-state index < -0.39 is 17.8 Å². The summed E-state index contributed by atoms with van der Waals surface area (Å²) in [6.45, 7) is 3.79. The molecule has 8 heteroatoms. The van der Waals surface area contributed by atoms with E-state index in [2.05, 4.69) is 0 Å². The molecular formula is C25H24F3N3O2. The van der Waals surface area contributed by atoms with Gasteiger partial charge in [-0.05, 0) is 61.9 Å². The summed E-state index contributed by atoms with van der Waals surface area (Å²) in [5.41, 5.74) is 1.10. The molecule has 0 unspecified atom stereocenters. The second kappa shape index (κ2) is 9.77. The van der Waals surface area contributed by atoms with Crippen LogP contribution in [0.15, 0.2) is 72.8 Å². The van der Waals surface area contributed by atoms with Crippen molar-refractivity contribution in [1.29, 1.82) is 0 Å². The minimum Gasteiger partial charge on any atom is -0.313 e. The SMILES string of the molecule is CCN(C=O)c1ccc(C(F)(F)F)cc1N(C(=O)N(C)c1cccc(C)c1)c1ccccc1. The molecule has 3 rings (SSSR count). The van der Waals surface area contributed by atoms with Crippen molar-refractivity contribution in [2.45, 2.75) is 20.0 Å². The predicted molar refractivity (Wildman–Crippen MR) is 124 cm³/mol. The molecule has 5 nitrogen and oxygen atoms in total. The molecule has 0 heterocycles. The van der Waals surface area contributed by atoms with E-state index in [1.807, 2.05) is 13.0 Å². The second-order valence-electron chi connectivity index (χ2n) is 7.44. The molecule has 0 saturated carbocycles. The molecule has 3 aromatic carbocycles. The fourth-order valence-electron chi connectivity index (χ4n) is 3.45. The standard InChI is InChI=1S/C25H24F3N3O2/c1-4-30(17-32)22-14-13-19(25(26,27)28)16-23(22)31(20-10-6-5-7-11-20)24(33)29(3)21-12-8-9-18(2)15-21/h5-17H,4H2,1-3H3. The van der Waals surface area contributed by atoms with Crippen molar-refractivity contribution in [2.75, 3.05) is 28.3 Å². The third-order valence-electron chi connectivity index (χ3n) is 5.20. The van der Waals surface area contributed by atoms with Gasteiger partial charge in [-0.2, -0.15) is 13.2 Å². The van der Waals surface area contributed by atoms with Crippen LogP contribution >= 0.6 is 0 Å². The van der Waals surface area contributed by atoms with Crippen LogP contribution < -0.4 is 14.7 Å². The fraction of sp³-hybridized carbons (Fsp3) is 0.200. The van der Waals surface area contributed by atoms with Gasteiger partial charge in [0.1, 0.15) is 0 Å². The number of rotatable bonds is 6. The van der Waals surface area contributed by atoms with Gasteiger partial charge in [-0.3, -0.25) is 14.6 Å². The number of para-hydroxylation sites is 1. The maximum atomic E-state index is 13.7. The van der Waals surface area contributed by atoms with Crippen molar-refractivity contribution >= 4 is 35.2 Å². The van der Waals surface area contributed by atoms with Crippen LogP contribution in [0.25, 0.3) is 0 Å². The number of carbonyl (C=O) groups is 2. The molecule has 0 atom stereocenters. The quantitative estimate of drug-likeness (QED) is 0.404. The Hall–Kier alpha value is -3.81. The van der Waals surface area contributed by atoms with E-state index in [0.29, 0.717) is 17.8 Å². The molecule has 0 aliphatic carbocycles. The normalized spacial score (nSPS) is 11.1. The van der Waals surface area contributed by atoms with E-state index in [1.54, 1.807) is 62.5 Å². The van der Waals surface area contributed by atoms with Gasteiger partial charge in [-0.15, -0.1) is 0 Å². The third kappa shape index (κ3) is 5.16. The van der Waals surface area contributed by atoms with Crippen LogP contribution in [0.3, 0.4) is 0 Å². The van der Waals surface area contributed by atoms with Crippen LogP contribution in [0, 0.1) is 6.92 Å². The molecule has 172 valence electrons. The first kappa shape index (κ1) is 23.8. The van der Waals surface area contributed by atoms with Crippen LogP contribution in [0.2, 0.25) is 0 Å². The second-order valence-corrected chi connectivity index (χ2v) is 7.44. The Bertz CT molecular complexity index is 1130. The molecule has 3 amide bonds. The van der Waals surface area contributed by atoms with Crippen LogP contribution in [-0.2, 0) is 11.0 Å². The number of alkyl halides is 3.